The van der Waals surface area contributed by atoms with Crippen LogP contribution in [-0.2, 0) is 4.79 Å². The molecule has 0 heterocycles. The highest BCUT2D eigenvalue weighted by molar-refractivity contribution is 5.84. The quantitative estimate of drug-likeness (QED) is 0.853. The molecular weight excluding hydrogens is 228 g/mol. The number of carboxylic acids is 1. The van der Waals surface area contributed by atoms with Gasteiger partial charge in [0.25, 0.3) is 0 Å². The number of anilines is 1. The normalized spacial score (nSPS) is 17.6. The Morgan fingerprint density at radius 3 is 2.72 bits per heavy atom. The Labute approximate surface area is 106 Å². The van der Waals surface area contributed by atoms with Gasteiger partial charge in [0.2, 0.25) is 0 Å². The van der Waals surface area contributed by atoms with Gasteiger partial charge >= 0.3 is 5.97 Å². The molecule has 94 valence electrons. The molecular formula is C14H16N2O2. The van der Waals surface area contributed by atoms with Crippen molar-refractivity contribution in [3.8, 4) is 6.07 Å². The first kappa shape index (κ1) is 12.4. The molecule has 1 atom stereocenters. The lowest BCUT2D eigenvalue weighted by molar-refractivity contribution is -0.142. The Balaban J connectivity index is 2.35. The van der Waals surface area contributed by atoms with Crippen LogP contribution in [0.2, 0.25) is 0 Å². The molecule has 1 fully saturated rings. The highest BCUT2D eigenvalue weighted by Gasteiger charge is 2.47. The van der Waals surface area contributed by atoms with Gasteiger partial charge in [0.15, 0.2) is 0 Å². The Hall–Kier alpha value is -2.02. The summed E-state index contributed by atoms with van der Waals surface area (Å²) in [5.41, 5.74) is 1.10. The molecule has 1 aliphatic carbocycles. The van der Waals surface area contributed by atoms with Crippen molar-refractivity contribution in [2.24, 2.45) is 5.92 Å². The number of rotatable bonds is 4. The second-order valence-corrected chi connectivity index (χ2v) is 5.07. The minimum atomic E-state index is -0.987. The molecule has 0 saturated heterocycles. The summed E-state index contributed by atoms with van der Waals surface area (Å²) < 4.78 is 0. The zero-order chi connectivity index (χ0) is 13.3. The molecule has 1 aromatic carbocycles. The van der Waals surface area contributed by atoms with E-state index in [2.05, 4.69) is 11.4 Å². The lowest BCUT2D eigenvalue weighted by atomic mass is 9.94. The summed E-state index contributed by atoms with van der Waals surface area (Å²) in [6.07, 6.45) is 1.84. The van der Waals surface area contributed by atoms with Crippen molar-refractivity contribution in [2.75, 3.05) is 5.32 Å². The van der Waals surface area contributed by atoms with Crippen LogP contribution in [-0.4, -0.2) is 16.6 Å². The smallest absolute Gasteiger partial charge is 0.329 e. The van der Waals surface area contributed by atoms with Crippen LogP contribution in [0.4, 0.5) is 5.69 Å². The van der Waals surface area contributed by atoms with Crippen LogP contribution in [0.3, 0.4) is 0 Å². The number of aliphatic carboxylic acids is 1. The van der Waals surface area contributed by atoms with Gasteiger partial charge in [-0.15, -0.1) is 0 Å². The SMILES string of the molecule is Cc1ccc(C#N)c(NC(C)(C(=O)O)C2CC2)c1. The summed E-state index contributed by atoms with van der Waals surface area (Å²) in [5, 5.41) is 21.5. The molecule has 0 amide bonds. The fraction of sp³-hybridized carbons (Fsp3) is 0.429. The van der Waals surface area contributed by atoms with E-state index in [1.807, 2.05) is 19.1 Å². The molecule has 2 rings (SSSR count). The molecule has 0 aromatic heterocycles. The van der Waals surface area contributed by atoms with Crippen molar-refractivity contribution in [2.45, 2.75) is 32.2 Å². The molecule has 1 unspecified atom stereocenters. The van der Waals surface area contributed by atoms with E-state index < -0.39 is 11.5 Å². The van der Waals surface area contributed by atoms with E-state index in [1.54, 1.807) is 13.0 Å². The van der Waals surface area contributed by atoms with Crippen molar-refractivity contribution in [1.82, 2.24) is 0 Å². The number of nitrogens with one attached hydrogen (secondary N) is 1. The average Bonchev–Trinajstić information content (AvgIpc) is 3.13. The average molecular weight is 244 g/mol. The van der Waals surface area contributed by atoms with E-state index in [4.69, 9.17) is 5.26 Å². The summed E-state index contributed by atoms with van der Waals surface area (Å²) in [5.74, 6) is -0.725. The fourth-order valence-corrected chi connectivity index (χ4v) is 2.13. The topological polar surface area (TPSA) is 73.1 Å². The molecule has 1 aliphatic rings. The highest BCUT2D eigenvalue weighted by atomic mass is 16.4. The third-order valence-corrected chi connectivity index (χ3v) is 3.53. The van der Waals surface area contributed by atoms with Gasteiger partial charge in [0, 0.05) is 0 Å². The Kier molecular flexibility index (Phi) is 3.00. The van der Waals surface area contributed by atoms with Gasteiger partial charge in [-0.05, 0) is 50.3 Å². The summed E-state index contributed by atoms with van der Waals surface area (Å²) in [6.45, 7) is 3.61. The van der Waals surface area contributed by atoms with Crippen molar-refractivity contribution < 1.29 is 9.90 Å². The maximum absolute atomic E-state index is 11.4. The molecule has 4 heteroatoms. The van der Waals surface area contributed by atoms with E-state index >= 15 is 0 Å². The van der Waals surface area contributed by atoms with Crippen molar-refractivity contribution in [3.05, 3.63) is 29.3 Å². The number of nitriles is 1. The predicted molar refractivity (Wildman–Crippen MR) is 68.3 cm³/mol. The van der Waals surface area contributed by atoms with Gasteiger partial charge in [-0.1, -0.05) is 6.07 Å². The second-order valence-electron chi connectivity index (χ2n) is 5.07. The largest absolute Gasteiger partial charge is 0.480 e. The van der Waals surface area contributed by atoms with Crippen molar-refractivity contribution in [3.63, 3.8) is 0 Å². The first-order valence-corrected chi connectivity index (χ1v) is 5.99. The van der Waals surface area contributed by atoms with E-state index in [1.165, 1.54) is 0 Å². The van der Waals surface area contributed by atoms with Crippen LogP contribution in [0.15, 0.2) is 18.2 Å². The van der Waals surface area contributed by atoms with Gasteiger partial charge in [0.05, 0.1) is 11.3 Å². The second kappa shape index (κ2) is 4.34. The summed E-state index contributed by atoms with van der Waals surface area (Å²) >= 11 is 0. The predicted octanol–water partition coefficient (Wildman–Crippen LogP) is 2.53. The number of aryl methyl sites for hydroxylation is 1. The van der Waals surface area contributed by atoms with Gasteiger partial charge in [-0.25, -0.2) is 4.79 Å². The number of carboxylic acid groups (broad SMARTS) is 1. The van der Waals surface area contributed by atoms with E-state index in [9.17, 15) is 9.90 Å². The molecule has 2 N–H and O–H groups in total. The first-order chi connectivity index (χ1) is 8.47. The minimum absolute atomic E-state index is 0.141. The van der Waals surface area contributed by atoms with E-state index in [-0.39, 0.29) is 5.92 Å². The minimum Gasteiger partial charge on any atom is -0.480 e. The fourth-order valence-electron chi connectivity index (χ4n) is 2.13. The number of hydrogen-bond acceptors (Lipinski definition) is 3. The zero-order valence-corrected chi connectivity index (χ0v) is 10.5. The highest BCUT2D eigenvalue weighted by Crippen LogP contribution is 2.42. The first-order valence-electron chi connectivity index (χ1n) is 5.99. The number of carbonyl (C=O) groups is 1. The Bertz CT molecular complexity index is 529. The van der Waals surface area contributed by atoms with Gasteiger partial charge in [-0.2, -0.15) is 5.26 Å². The molecule has 0 spiro atoms. The standard InChI is InChI=1S/C14H16N2O2/c1-9-3-4-10(8-15)12(7-9)16-14(2,13(17)18)11-5-6-11/h3-4,7,11,16H,5-6H2,1-2H3,(H,17,18). The molecule has 1 aromatic rings. The third-order valence-electron chi connectivity index (χ3n) is 3.53. The van der Waals surface area contributed by atoms with Crippen molar-refractivity contribution >= 4 is 11.7 Å². The summed E-state index contributed by atoms with van der Waals surface area (Å²) in [7, 11) is 0. The van der Waals surface area contributed by atoms with Crippen LogP contribution in [0, 0.1) is 24.2 Å². The molecule has 18 heavy (non-hydrogen) atoms. The van der Waals surface area contributed by atoms with Crippen LogP contribution < -0.4 is 5.32 Å². The van der Waals surface area contributed by atoms with Gasteiger partial charge in [0.1, 0.15) is 11.6 Å². The van der Waals surface area contributed by atoms with E-state index in [0.717, 1.165) is 18.4 Å². The lowest BCUT2D eigenvalue weighted by Crippen LogP contribution is -2.45. The number of nitrogens with zero attached hydrogens (tertiary/aromatic N) is 1. The van der Waals surface area contributed by atoms with Crippen LogP contribution in [0.1, 0.15) is 30.9 Å². The zero-order valence-electron chi connectivity index (χ0n) is 10.5. The molecule has 0 bridgehead atoms. The summed E-state index contributed by atoms with van der Waals surface area (Å²) in [4.78, 5) is 11.4. The number of hydrogen-bond donors (Lipinski definition) is 2. The van der Waals surface area contributed by atoms with Gasteiger partial charge < -0.3 is 10.4 Å². The summed E-state index contributed by atoms with van der Waals surface area (Å²) in [6, 6.07) is 7.47. The van der Waals surface area contributed by atoms with Crippen LogP contribution in [0.25, 0.3) is 0 Å². The van der Waals surface area contributed by atoms with Gasteiger partial charge in [-0.3, -0.25) is 0 Å². The maximum atomic E-state index is 11.4. The molecule has 4 nitrogen and oxygen atoms in total. The van der Waals surface area contributed by atoms with Crippen LogP contribution >= 0.6 is 0 Å². The Morgan fingerprint density at radius 1 is 1.56 bits per heavy atom. The monoisotopic (exact) mass is 244 g/mol. The molecule has 0 radical (unpaired) electrons. The molecule has 1 saturated carbocycles. The van der Waals surface area contributed by atoms with E-state index in [0.29, 0.717) is 11.3 Å². The number of benzene rings is 1. The molecule has 0 aliphatic heterocycles. The Morgan fingerprint density at radius 2 is 2.22 bits per heavy atom. The van der Waals surface area contributed by atoms with Crippen LogP contribution in [0.5, 0.6) is 0 Å². The van der Waals surface area contributed by atoms with Crippen molar-refractivity contribution in [1.29, 1.82) is 5.26 Å². The lowest BCUT2D eigenvalue weighted by Gasteiger charge is -2.28. The maximum Gasteiger partial charge on any atom is 0.329 e. The third kappa shape index (κ3) is 2.17.